The van der Waals surface area contributed by atoms with E-state index in [9.17, 15) is 32.0 Å². The number of allylic oxidation sites excluding steroid dienone is 1. The summed E-state index contributed by atoms with van der Waals surface area (Å²) in [6.07, 6.45) is 7.58. The molecule has 53 heavy (non-hydrogen) atoms. The highest BCUT2D eigenvalue weighted by Crippen LogP contribution is 2.46. The minimum absolute atomic E-state index is 0.0169. The van der Waals surface area contributed by atoms with Crippen molar-refractivity contribution in [2.75, 3.05) is 6.54 Å². The van der Waals surface area contributed by atoms with E-state index in [1.54, 1.807) is 6.92 Å². The van der Waals surface area contributed by atoms with Crippen molar-refractivity contribution in [1.29, 1.82) is 0 Å². The molecule has 0 radical (unpaired) electrons. The number of hydrogen-bond donors (Lipinski definition) is 3. The molecule has 4 aliphatic rings. The van der Waals surface area contributed by atoms with Gasteiger partial charge in [-0.25, -0.2) is 22.8 Å². The minimum atomic E-state index is -3.91. The first-order valence-electron chi connectivity index (χ1n) is 18.1. The summed E-state index contributed by atoms with van der Waals surface area (Å²) in [6.45, 7) is 3.44. The number of aryl methyl sites for hydroxylation is 2. The van der Waals surface area contributed by atoms with E-state index in [2.05, 4.69) is 30.5 Å². The van der Waals surface area contributed by atoms with Gasteiger partial charge in [-0.15, -0.1) is 0 Å². The summed E-state index contributed by atoms with van der Waals surface area (Å²) in [7, 11) is -3.91. The van der Waals surface area contributed by atoms with Crippen molar-refractivity contribution in [1.82, 2.24) is 35.4 Å². The van der Waals surface area contributed by atoms with Crippen LogP contribution < -0.4 is 20.1 Å². The number of fused-ring (bicyclic) bond motifs is 3. The lowest BCUT2D eigenvalue weighted by Gasteiger charge is -2.29. The van der Waals surface area contributed by atoms with Crippen LogP contribution in [0.3, 0.4) is 0 Å². The number of carbonyl (C=O) groups is 4. The van der Waals surface area contributed by atoms with Crippen LogP contribution in [0.4, 0.5) is 4.39 Å². The molecule has 17 heteroatoms. The Morgan fingerprint density at radius 3 is 2.68 bits per heavy atom. The van der Waals surface area contributed by atoms with Crippen molar-refractivity contribution < 1.29 is 41.2 Å². The van der Waals surface area contributed by atoms with Gasteiger partial charge in [-0.2, -0.15) is 0 Å². The van der Waals surface area contributed by atoms with Crippen LogP contribution in [0.5, 0.6) is 5.88 Å². The van der Waals surface area contributed by atoms with Crippen molar-refractivity contribution in [3.8, 4) is 5.88 Å². The van der Waals surface area contributed by atoms with Gasteiger partial charge < -0.3 is 24.8 Å². The molecular formula is C36H42FN7O8S. The molecule has 0 bridgehead atoms. The molecule has 3 N–H and O–H groups in total. The van der Waals surface area contributed by atoms with Crippen LogP contribution in [-0.4, -0.2) is 87.6 Å². The fraction of sp³-hybridized carbons (Fsp3) is 0.528. The zero-order valence-corrected chi connectivity index (χ0v) is 30.3. The quantitative estimate of drug-likeness (QED) is 0.286. The van der Waals surface area contributed by atoms with Gasteiger partial charge in [0, 0.05) is 30.9 Å². The number of nitrogens with one attached hydrogen (secondary N) is 3. The Hall–Kier alpha value is -4.93. The van der Waals surface area contributed by atoms with Gasteiger partial charge in [0.05, 0.1) is 22.8 Å². The minimum Gasteiger partial charge on any atom is -0.471 e. The highest BCUT2D eigenvalue weighted by molar-refractivity contribution is 7.91. The third kappa shape index (κ3) is 7.75. The molecule has 15 nitrogen and oxygen atoms in total. The van der Waals surface area contributed by atoms with E-state index >= 15 is 0 Å². The smallest absolute Gasteiger partial charge is 0.274 e. The van der Waals surface area contributed by atoms with E-state index < -0.39 is 74.4 Å². The average molecular weight is 752 g/mol. The second-order valence-corrected chi connectivity index (χ2v) is 16.3. The van der Waals surface area contributed by atoms with E-state index in [0.29, 0.717) is 49.1 Å². The molecular weight excluding hydrogens is 710 g/mol. The zero-order chi connectivity index (χ0) is 37.5. The van der Waals surface area contributed by atoms with Gasteiger partial charge in [-0.05, 0) is 57.6 Å². The van der Waals surface area contributed by atoms with E-state index in [-0.39, 0.29) is 42.9 Å². The van der Waals surface area contributed by atoms with Crippen LogP contribution in [0.25, 0.3) is 11.0 Å². The lowest BCUT2D eigenvalue weighted by Crippen LogP contribution is -2.58. The van der Waals surface area contributed by atoms with E-state index in [1.807, 2.05) is 19.1 Å². The van der Waals surface area contributed by atoms with Gasteiger partial charge in [0.25, 0.3) is 11.8 Å². The molecule has 0 spiro atoms. The Morgan fingerprint density at radius 1 is 1.11 bits per heavy atom. The third-order valence-corrected chi connectivity index (χ3v) is 12.1. The maximum atomic E-state index is 14.5. The molecule has 0 unspecified atom stereocenters. The number of carbonyl (C=O) groups excluding carboxylic acids is 4. The number of aromatic nitrogens is 3. The number of hydrogen-bond acceptors (Lipinski definition) is 11. The Morgan fingerprint density at radius 2 is 1.92 bits per heavy atom. The Balaban J connectivity index is 1.19. The maximum Gasteiger partial charge on any atom is 0.274 e. The van der Waals surface area contributed by atoms with Crippen LogP contribution in [0.15, 0.2) is 40.9 Å². The number of benzene rings is 1. The molecule has 4 amide bonds. The SMILES string of the molecule is CCc1cc(C(=O)N[C@H]2CCCCC/C=C\[C@@H]3C[C@@]3(C(=O)NS(=O)(=O)C3CC3)NC(=O)[C@@H]3C[C@@H](Oc4nc5cc(F)ccc5nc4C)CN3C2=O)no1. The van der Waals surface area contributed by atoms with E-state index in [4.69, 9.17) is 9.26 Å². The summed E-state index contributed by atoms with van der Waals surface area (Å²) in [5, 5.41) is 8.83. The molecule has 4 heterocycles. The summed E-state index contributed by atoms with van der Waals surface area (Å²) in [6, 6.07) is 3.30. The normalized spacial score (nSPS) is 27.1. The predicted molar refractivity (Wildman–Crippen MR) is 187 cm³/mol. The Kier molecular flexibility index (Phi) is 9.95. The van der Waals surface area contributed by atoms with Crippen LogP contribution in [0, 0.1) is 18.7 Å². The molecule has 2 saturated carbocycles. The van der Waals surface area contributed by atoms with Gasteiger partial charge in [0.2, 0.25) is 27.7 Å². The van der Waals surface area contributed by atoms with Gasteiger partial charge in [-0.1, -0.05) is 37.1 Å². The first kappa shape index (κ1) is 36.4. The highest BCUT2D eigenvalue weighted by Gasteiger charge is 2.62. The first-order chi connectivity index (χ1) is 25.4. The van der Waals surface area contributed by atoms with Gasteiger partial charge in [-0.3, -0.25) is 23.9 Å². The molecule has 2 aliphatic heterocycles. The number of nitrogens with zero attached hydrogens (tertiary/aromatic N) is 4. The summed E-state index contributed by atoms with van der Waals surface area (Å²) in [5.41, 5.74) is -0.388. The highest BCUT2D eigenvalue weighted by atomic mass is 32.2. The number of rotatable bonds is 8. The van der Waals surface area contributed by atoms with Crippen LogP contribution in [0.2, 0.25) is 0 Å². The summed E-state index contributed by atoms with van der Waals surface area (Å²) < 4.78 is 53.3. The average Bonchev–Trinajstić information content (AvgIpc) is 4.00. The number of sulfonamides is 1. The molecule has 5 atom stereocenters. The second-order valence-electron chi connectivity index (χ2n) is 14.3. The van der Waals surface area contributed by atoms with Crippen LogP contribution in [-0.2, 0) is 30.8 Å². The molecule has 7 rings (SSSR count). The lowest BCUT2D eigenvalue weighted by atomic mass is 10.0. The molecule has 1 aromatic carbocycles. The van der Waals surface area contributed by atoms with Crippen LogP contribution >= 0.6 is 0 Å². The third-order valence-electron chi connectivity index (χ3n) is 10.3. The molecule has 3 fully saturated rings. The first-order valence-corrected chi connectivity index (χ1v) is 19.6. The number of amides is 4. The lowest BCUT2D eigenvalue weighted by molar-refractivity contribution is -0.141. The maximum absolute atomic E-state index is 14.5. The zero-order valence-electron chi connectivity index (χ0n) is 29.5. The van der Waals surface area contributed by atoms with Crippen LogP contribution in [0.1, 0.15) is 86.7 Å². The number of ether oxygens (including phenoxy) is 1. The topological polar surface area (TPSA) is 203 Å². The standard InChI is InChI=1S/C36H42FN7O8S/c1-3-23-16-29(42-52-23)31(45)39-27-10-8-6-4-5-7-9-21-18-36(21,35(48)43-53(49,50)25-12-13-25)41-32(46)30-17-24(19-44(30)34(27)47)51-33-20(2)38-26-14-11-22(37)15-28(26)40-33/h7,9,11,14-16,21,24-25,27,30H,3-6,8,10,12-13,17-19H2,1-2H3,(H,39,45)(H,41,46)(H,43,48)/b9-7-/t21-,24-,27+,30+,36-/m1/s1. The molecule has 3 aromatic rings. The van der Waals surface area contributed by atoms with Gasteiger partial charge in [0.15, 0.2) is 5.69 Å². The van der Waals surface area contributed by atoms with Gasteiger partial charge >= 0.3 is 0 Å². The fourth-order valence-electron chi connectivity index (χ4n) is 7.04. The van der Waals surface area contributed by atoms with E-state index in [1.165, 1.54) is 29.2 Å². The predicted octanol–water partition coefficient (Wildman–Crippen LogP) is 2.78. The van der Waals surface area contributed by atoms with Crippen molar-refractivity contribution >= 4 is 44.7 Å². The van der Waals surface area contributed by atoms with Crippen molar-refractivity contribution in [3.63, 3.8) is 0 Å². The Bertz CT molecular complexity index is 2090. The van der Waals surface area contributed by atoms with Crippen molar-refractivity contribution in [3.05, 3.63) is 59.4 Å². The van der Waals surface area contributed by atoms with Gasteiger partial charge in [0.1, 0.15) is 41.0 Å². The summed E-state index contributed by atoms with van der Waals surface area (Å²) in [4.78, 5) is 66.0. The molecule has 1 saturated heterocycles. The Labute approximate surface area is 305 Å². The second kappa shape index (κ2) is 14.5. The molecule has 2 aliphatic carbocycles. The fourth-order valence-corrected chi connectivity index (χ4v) is 8.40. The monoisotopic (exact) mass is 751 g/mol. The molecule has 282 valence electrons. The van der Waals surface area contributed by atoms with Crippen molar-refractivity contribution in [2.45, 2.75) is 107 Å². The van der Waals surface area contributed by atoms with E-state index in [0.717, 1.165) is 12.8 Å². The van der Waals surface area contributed by atoms with Crippen molar-refractivity contribution in [2.24, 2.45) is 5.92 Å². The molecule has 2 aromatic heterocycles. The number of halogens is 1. The summed E-state index contributed by atoms with van der Waals surface area (Å²) in [5.74, 6) is -3.00. The largest absolute Gasteiger partial charge is 0.471 e. The summed E-state index contributed by atoms with van der Waals surface area (Å²) >= 11 is 0.